The van der Waals surface area contributed by atoms with Gasteiger partial charge in [-0.3, -0.25) is 9.20 Å². The zero-order valence-electron chi connectivity index (χ0n) is 18.6. The molecule has 0 radical (unpaired) electrons. The number of amides is 1. The van der Waals surface area contributed by atoms with E-state index in [1.54, 1.807) is 11.0 Å². The molecular weight excluding hydrogens is 497 g/mol. The molecule has 1 aromatic carbocycles. The van der Waals surface area contributed by atoms with Crippen LogP contribution in [0.5, 0.6) is 0 Å². The van der Waals surface area contributed by atoms with E-state index in [1.807, 2.05) is 24.3 Å². The Kier molecular flexibility index (Phi) is 5.29. The number of likely N-dealkylation sites (tertiary alicyclic amines) is 1. The maximum atomic E-state index is 13.9. The van der Waals surface area contributed by atoms with Crippen molar-refractivity contribution in [3.8, 4) is 11.1 Å². The fourth-order valence-corrected chi connectivity index (χ4v) is 5.01. The number of nitrogens with zero attached hydrogens (tertiary/aromatic N) is 4. The number of hydrogen-bond donors (Lipinski definition) is 0. The van der Waals surface area contributed by atoms with Crippen LogP contribution < -0.4 is 0 Å². The number of halogens is 4. The van der Waals surface area contributed by atoms with Crippen LogP contribution in [0.15, 0.2) is 64.1 Å². The summed E-state index contributed by atoms with van der Waals surface area (Å²) in [5.41, 5.74) is 0.621. The first-order valence-corrected chi connectivity index (χ1v) is 11.6. The highest BCUT2D eigenvalue weighted by Crippen LogP contribution is 2.38. The highest BCUT2D eigenvalue weighted by atomic mass is 35.5. The molecule has 36 heavy (non-hydrogen) atoms. The molecule has 4 aromatic heterocycles. The lowest BCUT2D eigenvalue weighted by atomic mass is 9.91. The molecule has 0 N–H and O–H groups in total. The summed E-state index contributed by atoms with van der Waals surface area (Å²) in [6.45, 7) is 0.780. The van der Waals surface area contributed by atoms with Crippen molar-refractivity contribution >= 4 is 34.1 Å². The molecule has 1 amide bonds. The molecule has 1 aliphatic rings. The van der Waals surface area contributed by atoms with E-state index in [1.165, 1.54) is 18.7 Å². The number of alkyl halides is 3. The summed E-state index contributed by atoms with van der Waals surface area (Å²) in [4.78, 5) is 18.9. The Labute approximate surface area is 207 Å². The molecule has 0 atom stereocenters. The molecule has 5 heterocycles. The number of imidazole rings is 1. The molecule has 11 heteroatoms. The minimum Gasteiger partial charge on any atom is -0.472 e. The van der Waals surface area contributed by atoms with Gasteiger partial charge in [0.2, 0.25) is 0 Å². The number of para-hydroxylation sites is 1. The fourth-order valence-electron chi connectivity index (χ4n) is 4.75. The number of hydrogen-bond acceptors (Lipinski definition) is 5. The third-order valence-electron chi connectivity index (χ3n) is 6.60. The Morgan fingerprint density at radius 2 is 1.89 bits per heavy atom. The SMILES string of the molecule is O=C(c1nc2c(C(F)(F)F)cc(-c3ccoc3)cn2c1Cl)N1CCC(c2noc3ccccc23)CC1. The summed E-state index contributed by atoms with van der Waals surface area (Å²) in [6.07, 6.45) is 0.679. The summed E-state index contributed by atoms with van der Waals surface area (Å²) in [5.74, 6) is -0.409. The first-order valence-electron chi connectivity index (χ1n) is 11.3. The van der Waals surface area contributed by atoms with Gasteiger partial charge in [-0.05, 0) is 37.1 Å². The van der Waals surface area contributed by atoms with Crippen molar-refractivity contribution < 1.29 is 26.9 Å². The molecule has 0 aliphatic carbocycles. The van der Waals surface area contributed by atoms with Crippen LogP contribution in [0, 0.1) is 0 Å². The number of benzene rings is 1. The van der Waals surface area contributed by atoms with Gasteiger partial charge >= 0.3 is 6.18 Å². The largest absolute Gasteiger partial charge is 0.472 e. The van der Waals surface area contributed by atoms with Crippen LogP contribution in [0.1, 0.15) is 40.5 Å². The van der Waals surface area contributed by atoms with Gasteiger partial charge in [-0.2, -0.15) is 13.2 Å². The van der Waals surface area contributed by atoms with Gasteiger partial charge in [0.25, 0.3) is 5.91 Å². The number of carbonyl (C=O) groups excluding carboxylic acids is 1. The van der Waals surface area contributed by atoms with E-state index < -0.39 is 23.3 Å². The van der Waals surface area contributed by atoms with Gasteiger partial charge in [-0.1, -0.05) is 28.9 Å². The monoisotopic (exact) mass is 514 g/mol. The molecule has 0 bridgehead atoms. The van der Waals surface area contributed by atoms with Crippen LogP contribution in [0.4, 0.5) is 13.2 Å². The fraction of sp³-hybridized carbons (Fsp3) is 0.240. The van der Waals surface area contributed by atoms with Gasteiger partial charge in [0.15, 0.2) is 16.9 Å². The Hall–Kier alpha value is -3.79. The van der Waals surface area contributed by atoms with Gasteiger partial charge in [-0.15, -0.1) is 0 Å². The molecular formula is C25H18ClF3N4O3. The molecule has 6 rings (SSSR count). The minimum absolute atomic E-state index is 0.101. The van der Waals surface area contributed by atoms with Gasteiger partial charge in [0.1, 0.15) is 5.15 Å². The van der Waals surface area contributed by atoms with E-state index in [2.05, 4.69) is 10.1 Å². The first kappa shape index (κ1) is 22.7. The van der Waals surface area contributed by atoms with Crippen molar-refractivity contribution in [2.45, 2.75) is 24.9 Å². The third kappa shape index (κ3) is 3.72. The highest BCUT2D eigenvalue weighted by Gasteiger charge is 2.37. The summed E-state index contributed by atoms with van der Waals surface area (Å²) >= 11 is 6.44. The number of rotatable bonds is 3. The number of furan rings is 1. The van der Waals surface area contributed by atoms with Gasteiger partial charge in [-0.25, -0.2) is 4.98 Å². The predicted molar refractivity (Wildman–Crippen MR) is 125 cm³/mol. The second-order valence-corrected chi connectivity index (χ2v) is 9.09. The molecule has 1 saturated heterocycles. The summed E-state index contributed by atoms with van der Waals surface area (Å²) < 4.78 is 53.2. The molecule has 0 saturated carbocycles. The van der Waals surface area contributed by atoms with Crippen molar-refractivity contribution in [1.82, 2.24) is 19.4 Å². The molecule has 7 nitrogen and oxygen atoms in total. The van der Waals surface area contributed by atoms with Crippen LogP contribution in [0.2, 0.25) is 5.15 Å². The van der Waals surface area contributed by atoms with Crippen LogP contribution in [0.3, 0.4) is 0 Å². The lowest BCUT2D eigenvalue weighted by Crippen LogP contribution is -2.38. The van der Waals surface area contributed by atoms with Crippen LogP contribution in [-0.4, -0.2) is 38.4 Å². The van der Waals surface area contributed by atoms with E-state index in [-0.39, 0.29) is 22.3 Å². The second kappa shape index (κ2) is 8.41. The van der Waals surface area contributed by atoms with Gasteiger partial charge in [0.05, 0.1) is 23.8 Å². The van der Waals surface area contributed by atoms with Crippen molar-refractivity contribution in [3.05, 3.63) is 77.2 Å². The molecule has 0 unspecified atom stereocenters. The maximum Gasteiger partial charge on any atom is 0.420 e. The summed E-state index contributed by atoms with van der Waals surface area (Å²) in [5, 5.41) is 5.00. The second-order valence-electron chi connectivity index (χ2n) is 8.73. The zero-order valence-corrected chi connectivity index (χ0v) is 19.4. The normalized spacial score (nSPS) is 15.3. The maximum absolute atomic E-state index is 13.9. The number of pyridine rings is 1. The zero-order chi connectivity index (χ0) is 25.0. The molecule has 0 spiro atoms. The standard InChI is InChI=1S/C25H18ClF3N4O3/c26-22-21(30-23-18(25(27,28)29)11-16(12-33(22)23)15-7-10-35-13-15)24(34)32-8-5-14(6-9-32)20-17-3-1-2-4-19(17)36-31-20/h1-4,7,10-14H,5-6,8-9H2. The molecule has 1 aliphatic heterocycles. The Morgan fingerprint density at radius 1 is 1.11 bits per heavy atom. The Balaban J connectivity index is 1.30. The number of piperidine rings is 1. The lowest BCUT2D eigenvalue weighted by molar-refractivity contribution is -0.136. The summed E-state index contributed by atoms with van der Waals surface area (Å²) in [6, 6.07) is 10.1. The smallest absolute Gasteiger partial charge is 0.420 e. The van der Waals surface area contributed by atoms with Crippen molar-refractivity contribution in [2.75, 3.05) is 13.1 Å². The van der Waals surface area contributed by atoms with Gasteiger partial charge < -0.3 is 13.8 Å². The van der Waals surface area contributed by atoms with E-state index in [0.717, 1.165) is 21.5 Å². The molecule has 5 aromatic rings. The highest BCUT2D eigenvalue weighted by molar-refractivity contribution is 6.33. The van der Waals surface area contributed by atoms with E-state index >= 15 is 0 Å². The average Bonchev–Trinajstić information content (AvgIpc) is 3.62. The van der Waals surface area contributed by atoms with E-state index in [4.69, 9.17) is 20.5 Å². The summed E-state index contributed by atoms with van der Waals surface area (Å²) in [7, 11) is 0. The van der Waals surface area contributed by atoms with Crippen LogP contribution in [0.25, 0.3) is 27.7 Å². The number of aromatic nitrogens is 3. The first-order chi connectivity index (χ1) is 17.3. The van der Waals surface area contributed by atoms with Gasteiger partial charge in [0, 0.05) is 41.7 Å². The lowest BCUT2D eigenvalue weighted by Gasteiger charge is -2.30. The van der Waals surface area contributed by atoms with Crippen molar-refractivity contribution in [2.24, 2.45) is 0 Å². The molecule has 184 valence electrons. The quantitative estimate of drug-likeness (QED) is 0.277. The minimum atomic E-state index is -4.70. The van der Waals surface area contributed by atoms with Crippen LogP contribution in [-0.2, 0) is 6.18 Å². The number of carbonyl (C=O) groups is 1. The number of fused-ring (bicyclic) bond motifs is 2. The Bertz CT molecular complexity index is 1580. The van der Waals surface area contributed by atoms with Crippen molar-refractivity contribution in [1.29, 1.82) is 0 Å². The predicted octanol–water partition coefficient (Wildman–Crippen LogP) is 6.43. The average molecular weight is 515 g/mol. The van der Waals surface area contributed by atoms with E-state index in [9.17, 15) is 18.0 Å². The third-order valence-corrected chi connectivity index (χ3v) is 6.96. The Morgan fingerprint density at radius 3 is 2.61 bits per heavy atom. The van der Waals surface area contributed by atoms with E-state index in [0.29, 0.717) is 37.1 Å². The topological polar surface area (TPSA) is 76.8 Å². The van der Waals surface area contributed by atoms with Crippen molar-refractivity contribution in [3.63, 3.8) is 0 Å². The molecule has 1 fully saturated rings. The van der Waals surface area contributed by atoms with Crippen LogP contribution >= 0.6 is 11.6 Å².